The minimum atomic E-state index is -1.05. The molecule has 2 N–H and O–H groups in total. The van der Waals surface area contributed by atoms with E-state index in [4.69, 9.17) is 0 Å². The molecule has 1 atom stereocenters. The molecule has 2 rings (SSSR count). The van der Waals surface area contributed by atoms with Crippen LogP contribution in [0.3, 0.4) is 0 Å². The molecule has 0 heterocycles. The van der Waals surface area contributed by atoms with Gasteiger partial charge in [-0.05, 0) is 29.7 Å². The molecular formula is C15H13NO5. The molecule has 0 saturated heterocycles. The van der Waals surface area contributed by atoms with E-state index in [2.05, 4.69) is 0 Å². The normalized spacial score (nSPS) is 11.8. The molecule has 108 valence electrons. The molecule has 0 bridgehead atoms. The molecule has 0 saturated carbocycles. The average molecular weight is 287 g/mol. The number of aromatic hydroxyl groups is 1. The number of aliphatic carboxylic acids is 1. The van der Waals surface area contributed by atoms with Gasteiger partial charge in [-0.25, -0.2) is 0 Å². The average Bonchev–Trinajstić information content (AvgIpc) is 2.44. The van der Waals surface area contributed by atoms with Crippen molar-refractivity contribution in [2.45, 2.75) is 12.3 Å². The smallest absolute Gasteiger partial charge is 0.311 e. The SMILES string of the molecule is O=C(O)C(Cc1cccc([N+](=O)[O-])c1)c1cccc(O)c1. The molecule has 6 heteroatoms. The lowest BCUT2D eigenvalue weighted by molar-refractivity contribution is -0.384. The van der Waals surface area contributed by atoms with Crippen LogP contribution < -0.4 is 0 Å². The highest BCUT2D eigenvalue weighted by molar-refractivity contribution is 5.76. The van der Waals surface area contributed by atoms with Crippen molar-refractivity contribution in [1.29, 1.82) is 0 Å². The van der Waals surface area contributed by atoms with Crippen LogP contribution in [0.1, 0.15) is 17.0 Å². The van der Waals surface area contributed by atoms with Gasteiger partial charge in [0.2, 0.25) is 0 Å². The number of nitro benzene ring substituents is 1. The molecule has 2 aromatic carbocycles. The Morgan fingerprint density at radius 1 is 1.19 bits per heavy atom. The topological polar surface area (TPSA) is 101 Å². The van der Waals surface area contributed by atoms with Gasteiger partial charge in [-0.3, -0.25) is 14.9 Å². The van der Waals surface area contributed by atoms with E-state index in [1.54, 1.807) is 18.2 Å². The highest BCUT2D eigenvalue weighted by Crippen LogP contribution is 2.25. The minimum Gasteiger partial charge on any atom is -0.508 e. The van der Waals surface area contributed by atoms with E-state index in [0.29, 0.717) is 11.1 Å². The number of carboxylic acid groups (broad SMARTS) is 1. The summed E-state index contributed by atoms with van der Waals surface area (Å²) in [5.74, 6) is -1.94. The molecule has 1 unspecified atom stereocenters. The Morgan fingerprint density at radius 3 is 2.52 bits per heavy atom. The minimum absolute atomic E-state index is 0.0159. The van der Waals surface area contributed by atoms with Crippen molar-refractivity contribution >= 4 is 11.7 Å². The van der Waals surface area contributed by atoms with Crippen LogP contribution in [0.2, 0.25) is 0 Å². The number of carbonyl (C=O) groups is 1. The Balaban J connectivity index is 2.31. The van der Waals surface area contributed by atoms with Gasteiger partial charge in [-0.15, -0.1) is 0 Å². The van der Waals surface area contributed by atoms with Crippen molar-refractivity contribution in [3.63, 3.8) is 0 Å². The van der Waals surface area contributed by atoms with Gasteiger partial charge in [0.15, 0.2) is 0 Å². The van der Waals surface area contributed by atoms with Gasteiger partial charge in [0.05, 0.1) is 10.8 Å². The van der Waals surface area contributed by atoms with Gasteiger partial charge in [-0.2, -0.15) is 0 Å². The summed E-state index contributed by atoms with van der Waals surface area (Å²) in [6, 6.07) is 11.9. The van der Waals surface area contributed by atoms with Crippen LogP contribution in [0.4, 0.5) is 5.69 Å². The fourth-order valence-electron chi connectivity index (χ4n) is 2.12. The lowest BCUT2D eigenvalue weighted by atomic mass is 9.92. The third-order valence-corrected chi connectivity index (χ3v) is 3.13. The van der Waals surface area contributed by atoms with Gasteiger partial charge in [0, 0.05) is 12.1 Å². The maximum absolute atomic E-state index is 11.4. The van der Waals surface area contributed by atoms with Gasteiger partial charge in [-0.1, -0.05) is 24.3 Å². The zero-order valence-electron chi connectivity index (χ0n) is 11.0. The Kier molecular flexibility index (Phi) is 4.18. The third-order valence-electron chi connectivity index (χ3n) is 3.13. The van der Waals surface area contributed by atoms with E-state index in [-0.39, 0.29) is 17.9 Å². The summed E-state index contributed by atoms with van der Waals surface area (Å²) in [6.45, 7) is 0. The summed E-state index contributed by atoms with van der Waals surface area (Å²) in [7, 11) is 0. The highest BCUT2D eigenvalue weighted by atomic mass is 16.6. The molecule has 21 heavy (non-hydrogen) atoms. The van der Waals surface area contributed by atoms with E-state index in [0.717, 1.165) is 0 Å². The predicted octanol–water partition coefficient (Wildman–Crippen LogP) is 2.71. The molecule has 0 spiro atoms. The zero-order chi connectivity index (χ0) is 15.4. The summed E-state index contributed by atoms with van der Waals surface area (Å²) in [4.78, 5) is 21.6. The summed E-state index contributed by atoms with van der Waals surface area (Å²) >= 11 is 0. The van der Waals surface area contributed by atoms with E-state index in [1.807, 2.05) is 0 Å². The number of hydrogen-bond acceptors (Lipinski definition) is 4. The molecule has 0 radical (unpaired) electrons. The molecule has 0 aromatic heterocycles. The molecule has 0 fully saturated rings. The second-order valence-electron chi connectivity index (χ2n) is 4.62. The maximum Gasteiger partial charge on any atom is 0.311 e. The van der Waals surface area contributed by atoms with Crippen molar-refractivity contribution in [1.82, 2.24) is 0 Å². The van der Waals surface area contributed by atoms with Crippen LogP contribution in [0, 0.1) is 10.1 Å². The Morgan fingerprint density at radius 2 is 1.90 bits per heavy atom. The summed E-state index contributed by atoms with van der Waals surface area (Å²) in [5.41, 5.74) is 0.932. The van der Waals surface area contributed by atoms with Crippen LogP contribution >= 0.6 is 0 Å². The van der Waals surface area contributed by atoms with Crippen molar-refractivity contribution < 1.29 is 19.9 Å². The first-order valence-corrected chi connectivity index (χ1v) is 6.22. The van der Waals surface area contributed by atoms with Gasteiger partial charge in [0.25, 0.3) is 5.69 Å². The van der Waals surface area contributed by atoms with Crippen molar-refractivity contribution in [2.75, 3.05) is 0 Å². The van der Waals surface area contributed by atoms with Crippen LogP contribution in [0.25, 0.3) is 0 Å². The summed E-state index contributed by atoms with van der Waals surface area (Å²) in [5, 5.41) is 29.5. The first kappa shape index (κ1) is 14.5. The number of nitrogens with zero attached hydrogens (tertiary/aromatic N) is 1. The Bertz CT molecular complexity index is 683. The molecular weight excluding hydrogens is 274 g/mol. The Hall–Kier alpha value is -2.89. The van der Waals surface area contributed by atoms with Gasteiger partial charge < -0.3 is 10.2 Å². The standard InChI is InChI=1S/C15H13NO5/c17-13-6-2-4-11(9-13)14(15(18)19)8-10-3-1-5-12(7-10)16(20)21/h1-7,9,14,17H,8H2,(H,18,19). The monoisotopic (exact) mass is 287 g/mol. The van der Waals surface area contributed by atoms with Crippen molar-refractivity contribution in [3.8, 4) is 5.75 Å². The zero-order valence-corrected chi connectivity index (χ0v) is 11.0. The predicted molar refractivity (Wildman–Crippen MR) is 75.3 cm³/mol. The van der Waals surface area contributed by atoms with Gasteiger partial charge in [0.1, 0.15) is 5.75 Å². The molecule has 0 aliphatic rings. The number of non-ortho nitro benzene ring substituents is 1. The Labute approximate surface area is 120 Å². The molecule has 0 aliphatic heterocycles. The van der Waals surface area contributed by atoms with Crippen LogP contribution in [-0.4, -0.2) is 21.1 Å². The molecule has 0 amide bonds. The first-order valence-electron chi connectivity index (χ1n) is 6.22. The van der Waals surface area contributed by atoms with Gasteiger partial charge >= 0.3 is 5.97 Å². The molecule has 0 aliphatic carbocycles. The van der Waals surface area contributed by atoms with Crippen LogP contribution in [-0.2, 0) is 11.2 Å². The first-order chi connectivity index (χ1) is 9.97. The fourth-order valence-corrected chi connectivity index (χ4v) is 2.12. The number of rotatable bonds is 5. The molecule has 6 nitrogen and oxygen atoms in total. The van der Waals surface area contributed by atoms with E-state index in [9.17, 15) is 25.1 Å². The second kappa shape index (κ2) is 6.04. The van der Waals surface area contributed by atoms with E-state index in [1.165, 1.54) is 30.3 Å². The van der Waals surface area contributed by atoms with E-state index < -0.39 is 16.8 Å². The lowest BCUT2D eigenvalue weighted by Gasteiger charge is -2.13. The second-order valence-corrected chi connectivity index (χ2v) is 4.62. The maximum atomic E-state index is 11.4. The number of nitro groups is 1. The number of benzene rings is 2. The van der Waals surface area contributed by atoms with Crippen LogP contribution in [0.5, 0.6) is 5.75 Å². The number of hydrogen-bond donors (Lipinski definition) is 2. The summed E-state index contributed by atoms with van der Waals surface area (Å²) in [6.07, 6.45) is 0.112. The summed E-state index contributed by atoms with van der Waals surface area (Å²) < 4.78 is 0. The number of phenols is 1. The lowest BCUT2D eigenvalue weighted by Crippen LogP contribution is -2.14. The largest absolute Gasteiger partial charge is 0.508 e. The highest BCUT2D eigenvalue weighted by Gasteiger charge is 2.21. The van der Waals surface area contributed by atoms with Crippen LogP contribution in [0.15, 0.2) is 48.5 Å². The fraction of sp³-hybridized carbons (Fsp3) is 0.133. The third kappa shape index (κ3) is 3.56. The molecule has 2 aromatic rings. The number of carboxylic acids is 1. The van der Waals surface area contributed by atoms with Crippen molar-refractivity contribution in [3.05, 3.63) is 69.8 Å². The van der Waals surface area contributed by atoms with E-state index >= 15 is 0 Å². The quantitative estimate of drug-likeness (QED) is 0.650. The number of phenolic OH excluding ortho intramolecular Hbond substituents is 1. The van der Waals surface area contributed by atoms with Crippen molar-refractivity contribution in [2.24, 2.45) is 0 Å².